The number of hydrogen-bond donors (Lipinski definition) is 1. The lowest BCUT2D eigenvalue weighted by Crippen LogP contribution is -2.56. The van der Waals surface area contributed by atoms with E-state index >= 15 is 0 Å². The lowest BCUT2D eigenvalue weighted by atomic mass is 9.84. The molecule has 1 aromatic carbocycles. The summed E-state index contributed by atoms with van der Waals surface area (Å²) < 4.78 is 0. The second kappa shape index (κ2) is 6.47. The second-order valence-corrected chi connectivity index (χ2v) is 6.98. The van der Waals surface area contributed by atoms with E-state index in [-0.39, 0.29) is 6.03 Å². The second-order valence-electron chi connectivity index (χ2n) is 6.58. The average Bonchev–Trinajstić information content (AvgIpc) is 2.50. The van der Waals surface area contributed by atoms with Crippen molar-refractivity contribution in [3.8, 4) is 0 Å². The Morgan fingerprint density at radius 1 is 1.32 bits per heavy atom. The maximum atomic E-state index is 12.8. The lowest BCUT2D eigenvalue weighted by molar-refractivity contribution is 0.0579. The third-order valence-electron chi connectivity index (χ3n) is 4.99. The number of halogens is 1. The van der Waals surface area contributed by atoms with E-state index in [1.54, 1.807) is 0 Å². The zero-order chi connectivity index (χ0) is 15.7. The van der Waals surface area contributed by atoms with Gasteiger partial charge in [0.15, 0.2) is 0 Å². The third kappa shape index (κ3) is 3.08. The first-order valence-electron chi connectivity index (χ1n) is 8.07. The summed E-state index contributed by atoms with van der Waals surface area (Å²) in [5.41, 5.74) is 1.74. The van der Waals surface area contributed by atoms with E-state index in [0.29, 0.717) is 17.0 Å². The number of carbonyl (C=O) groups excluding carboxylic acids is 1. The molecule has 0 spiro atoms. The van der Waals surface area contributed by atoms with Crippen LogP contribution in [0.3, 0.4) is 0 Å². The van der Waals surface area contributed by atoms with E-state index in [0.717, 1.165) is 43.7 Å². The predicted molar refractivity (Wildman–Crippen MR) is 90.5 cm³/mol. The van der Waals surface area contributed by atoms with Crippen molar-refractivity contribution in [2.75, 3.05) is 32.0 Å². The van der Waals surface area contributed by atoms with Crippen LogP contribution in [0.2, 0.25) is 5.02 Å². The van der Waals surface area contributed by atoms with Gasteiger partial charge in [-0.25, -0.2) is 4.79 Å². The van der Waals surface area contributed by atoms with Gasteiger partial charge in [-0.2, -0.15) is 0 Å². The molecular weight excluding hydrogens is 298 g/mol. The first-order valence-corrected chi connectivity index (χ1v) is 8.45. The highest BCUT2D eigenvalue weighted by atomic mass is 35.5. The van der Waals surface area contributed by atoms with Gasteiger partial charge >= 0.3 is 6.03 Å². The molecule has 0 aliphatic carbocycles. The molecule has 0 saturated carbocycles. The highest BCUT2D eigenvalue weighted by molar-refractivity contribution is 6.33. The van der Waals surface area contributed by atoms with E-state index in [9.17, 15) is 4.79 Å². The van der Waals surface area contributed by atoms with Crippen LogP contribution in [0.1, 0.15) is 24.8 Å². The highest BCUT2D eigenvalue weighted by Gasteiger charge is 2.37. The number of carbonyl (C=O) groups is 1. The largest absolute Gasteiger partial charge is 0.322 e. The fourth-order valence-electron chi connectivity index (χ4n) is 3.81. The quantitative estimate of drug-likeness (QED) is 0.858. The summed E-state index contributed by atoms with van der Waals surface area (Å²) >= 11 is 6.23. The molecule has 1 aromatic rings. The smallest absolute Gasteiger partial charge is 0.321 e. The van der Waals surface area contributed by atoms with E-state index in [4.69, 9.17) is 11.6 Å². The average molecular weight is 322 g/mol. The van der Waals surface area contributed by atoms with Crippen molar-refractivity contribution in [3.05, 3.63) is 28.8 Å². The van der Waals surface area contributed by atoms with E-state index in [1.165, 1.54) is 6.42 Å². The first kappa shape index (κ1) is 15.6. The summed E-state index contributed by atoms with van der Waals surface area (Å²) in [6, 6.07) is 6.05. The van der Waals surface area contributed by atoms with Gasteiger partial charge in [-0.3, -0.25) is 0 Å². The number of fused-ring (bicyclic) bond motifs is 1. The minimum absolute atomic E-state index is 0.00421. The van der Waals surface area contributed by atoms with E-state index in [1.807, 2.05) is 30.0 Å². The number of benzene rings is 1. The molecule has 2 aliphatic rings. The SMILES string of the molecule is Cc1cccc(Cl)c1NC(=O)N1CCC[C@H]2CN(C)CC[C@@H]21. The number of likely N-dealkylation sites (tertiary alicyclic amines) is 2. The van der Waals surface area contributed by atoms with Gasteiger partial charge in [-0.15, -0.1) is 0 Å². The van der Waals surface area contributed by atoms with Crippen LogP contribution in [0.4, 0.5) is 10.5 Å². The molecule has 4 nitrogen and oxygen atoms in total. The minimum Gasteiger partial charge on any atom is -0.321 e. The number of hydrogen-bond acceptors (Lipinski definition) is 2. The summed E-state index contributed by atoms with van der Waals surface area (Å²) in [6.07, 6.45) is 3.38. The number of para-hydroxylation sites is 1. The van der Waals surface area contributed by atoms with Gasteiger partial charge in [0.1, 0.15) is 0 Å². The Kier molecular flexibility index (Phi) is 4.59. The van der Waals surface area contributed by atoms with Crippen molar-refractivity contribution >= 4 is 23.3 Å². The van der Waals surface area contributed by atoms with Gasteiger partial charge in [0.05, 0.1) is 10.7 Å². The van der Waals surface area contributed by atoms with Gasteiger partial charge < -0.3 is 15.1 Å². The number of nitrogens with one attached hydrogen (secondary N) is 1. The molecule has 120 valence electrons. The standard InChI is InChI=1S/C17H24ClN3O/c1-12-5-3-7-14(18)16(12)19-17(22)21-9-4-6-13-11-20(2)10-8-15(13)21/h3,5,7,13,15H,4,6,8-11H2,1-2H3,(H,19,22)/t13-,15-/m0/s1. The van der Waals surface area contributed by atoms with Crippen LogP contribution >= 0.6 is 11.6 Å². The van der Waals surface area contributed by atoms with Gasteiger partial charge in [0.2, 0.25) is 0 Å². The van der Waals surface area contributed by atoms with Crippen LogP contribution in [-0.2, 0) is 0 Å². The van der Waals surface area contributed by atoms with Crippen LogP contribution in [0, 0.1) is 12.8 Å². The normalized spacial score (nSPS) is 25.7. The zero-order valence-corrected chi connectivity index (χ0v) is 14.1. The molecule has 2 saturated heterocycles. The summed E-state index contributed by atoms with van der Waals surface area (Å²) in [5, 5.41) is 3.64. The number of piperidine rings is 2. The fraction of sp³-hybridized carbons (Fsp3) is 0.588. The van der Waals surface area contributed by atoms with Gasteiger partial charge in [0, 0.05) is 19.1 Å². The zero-order valence-electron chi connectivity index (χ0n) is 13.3. The molecule has 0 aromatic heterocycles. The maximum Gasteiger partial charge on any atom is 0.322 e. The van der Waals surface area contributed by atoms with E-state index < -0.39 is 0 Å². The summed E-state index contributed by atoms with van der Waals surface area (Å²) in [7, 11) is 2.17. The Hall–Kier alpha value is -1.26. The molecule has 5 heteroatoms. The molecule has 2 fully saturated rings. The number of rotatable bonds is 1. The number of anilines is 1. The Bertz CT molecular complexity index is 543. The van der Waals surface area contributed by atoms with Crippen molar-refractivity contribution in [2.24, 2.45) is 5.92 Å². The summed E-state index contributed by atoms with van der Waals surface area (Å²) in [4.78, 5) is 17.2. The Morgan fingerprint density at radius 3 is 2.91 bits per heavy atom. The fourth-order valence-corrected chi connectivity index (χ4v) is 4.08. The Labute approximate surface area is 137 Å². The monoisotopic (exact) mass is 321 g/mol. The van der Waals surface area contributed by atoms with Gasteiger partial charge in [-0.05, 0) is 57.3 Å². The molecule has 2 amide bonds. The molecule has 2 heterocycles. The number of amides is 2. The number of aryl methyl sites for hydroxylation is 1. The van der Waals surface area contributed by atoms with E-state index in [2.05, 4.69) is 17.3 Å². The lowest BCUT2D eigenvalue weighted by Gasteiger charge is -2.46. The van der Waals surface area contributed by atoms with Crippen molar-refractivity contribution < 1.29 is 4.79 Å². The van der Waals surface area contributed by atoms with Crippen molar-refractivity contribution in [3.63, 3.8) is 0 Å². The Morgan fingerprint density at radius 2 is 2.14 bits per heavy atom. The van der Waals surface area contributed by atoms with Crippen molar-refractivity contribution in [1.82, 2.24) is 9.80 Å². The van der Waals surface area contributed by atoms with Crippen molar-refractivity contribution in [1.29, 1.82) is 0 Å². The molecule has 22 heavy (non-hydrogen) atoms. The van der Waals surface area contributed by atoms with Crippen LogP contribution in [0.5, 0.6) is 0 Å². The Balaban J connectivity index is 1.74. The van der Waals surface area contributed by atoms with Crippen molar-refractivity contribution in [2.45, 2.75) is 32.2 Å². The molecule has 0 radical (unpaired) electrons. The minimum atomic E-state index is -0.00421. The third-order valence-corrected chi connectivity index (χ3v) is 5.30. The first-order chi connectivity index (χ1) is 10.6. The van der Waals surface area contributed by atoms with Crippen LogP contribution in [0.15, 0.2) is 18.2 Å². The van der Waals surface area contributed by atoms with Gasteiger partial charge in [0.25, 0.3) is 0 Å². The molecular formula is C17H24ClN3O. The molecule has 0 unspecified atom stereocenters. The topological polar surface area (TPSA) is 35.6 Å². The van der Waals surface area contributed by atoms with Crippen LogP contribution < -0.4 is 5.32 Å². The number of urea groups is 1. The number of nitrogens with zero attached hydrogens (tertiary/aromatic N) is 2. The van der Waals surface area contributed by atoms with Crippen LogP contribution in [0.25, 0.3) is 0 Å². The highest BCUT2D eigenvalue weighted by Crippen LogP contribution is 2.31. The molecule has 0 bridgehead atoms. The molecule has 2 atom stereocenters. The summed E-state index contributed by atoms with van der Waals surface area (Å²) in [5.74, 6) is 0.602. The molecule has 3 rings (SSSR count). The maximum absolute atomic E-state index is 12.8. The molecule has 2 aliphatic heterocycles. The van der Waals surface area contributed by atoms with Crippen LogP contribution in [-0.4, -0.2) is 48.6 Å². The molecule has 1 N–H and O–H groups in total. The summed E-state index contributed by atoms with van der Waals surface area (Å²) in [6.45, 7) is 4.98. The predicted octanol–water partition coefficient (Wildman–Crippen LogP) is 3.60. The van der Waals surface area contributed by atoms with Gasteiger partial charge in [-0.1, -0.05) is 23.7 Å².